The average molecular weight is 286 g/mol. The lowest BCUT2D eigenvalue weighted by molar-refractivity contribution is -0.130. The van der Waals surface area contributed by atoms with Gasteiger partial charge in [-0.1, -0.05) is 12.1 Å². The maximum atomic E-state index is 12.4. The van der Waals surface area contributed by atoms with E-state index in [0.29, 0.717) is 19.5 Å². The van der Waals surface area contributed by atoms with Crippen molar-refractivity contribution in [3.8, 4) is 0 Å². The van der Waals surface area contributed by atoms with Gasteiger partial charge in [0.05, 0.1) is 13.0 Å². The van der Waals surface area contributed by atoms with E-state index in [2.05, 4.69) is 30.6 Å². The van der Waals surface area contributed by atoms with Crippen LogP contribution in [0.2, 0.25) is 0 Å². The van der Waals surface area contributed by atoms with Crippen molar-refractivity contribution >= 4 is 17.2 Å². The number of hydrogen-bond acceptors (Lipinski definition) is 3. The summed E-state index contributed by atoms with van der Waals surface area (Å²) in [6, 6.07) is 9.78. The molecule has 0 unspecified atom stereocenters. The molecule has 0 aromatic carbocycles. The first-order valence-corrected chi connectivity index (χ1v) is 7.34. The molecule has 4 heteroatoms. The summed E-state index contributed by atoms with van der Waals surface area (Å²) in [6.45, 7) is 7.00. The van der Waals surface area contributed by atoms with E-state index in [0.717, 1.165) is 5.69 Å². The summed E-state index contributed by atoms with van der Waals surface area (Å²) in [7, 11) is 0. The van der Waals surface area contributed by atoms with Crippen LogP contribution in [0.15, 0.2) is 49.2 Å². The highest BCUT2D eigenvalue weighted by atomic mass is 32.1. The maximum absolute atomic E-state index is 12.4. The summed E-state index contributed by atoms with van der Waals surface area (Å²) < 4.78 is 0. The van der Waals surface area contributed by atoms with Gasteiger partial charge in [0.1, 0.15) is 0 Å². The number of rotatable bonds is 6. The SMILES string of the molecule is C=CCN(Cc1ccc(C)s1)C(=O)Cc1ccccn1. The Bertz CT molecular complexity index is 577. The van der Waals surface area contributed by atoms with Crippen molar-refractivity contribution in [3.05, 3.63) is 64.6 Å². The Labute approximate surface area is 123 Å². The van der Waals surface area contributed by atoms with Gasteiger partial charge in [-0.2, -0.15) is 0 Å². The van der Waals surface area contributed by atoms with E-state index in [9.17, 15) is 4.79 Å². The van der Waals surface area contributed by atoms with E-state index in [1.165, 1.54) is 9.75 Å². The fraction of sp³-hybridized carbons (Fsp3) is 0.250. The highest BCUT2D eigenvalue weighted by Crippen LogP contribution is 2.17. The van der Waals surface area contributed by atoms with Gasteiger partial charge in [-0.15, -0.1) is 17.9 Å². The number of carbonyl (C=O) groups is 1. The first-order valence-electron chi connectivity index (χ1n) is 6.53. The zero-order chi connectivity index (χ0) is 14.4. The summed E-state index contributed by atoms with van der Waals surface area (Å²) in [5.74, 6) is 0.0784. The monoisotopic (exact) mass is 286 g/mol. The first-order chi connectivity index (χ1) is 9.69. The normalized spacial score (nSPS) is 10.2. The Morgan fingerprint density at radius 3 is 2.85 bits per heavy atom. The van der Waals surface area contributed by atoms with Crippen LogP contribution in [0.25, 0.3) is 0 Å². The van der Waals surface area contributed by atoms with Crippen LogP contribution in [-0.2, 0) is 17.8 Å². The van der Waals surface area contributed by atoms with Crippen LogP contribution in [0, 0.1) is 6.92 Å². The van der Waals surface area contributed by atoms with E-state index >= 15 is 0 Å². The second-order valence-corrected chi connectivity index (χ2v) is 5.95. The van der Waals surface area contributed by atoms with E-state index in [4.69, 9.17) is 0 Å². The topological polar surface area (TPSA) is 33.2 Å². The summed E-state index contributed by atoms with van der Waals surface area (Å²) in [5, 5.41) is 0. The molecule has 0 aliphatic carbocycles. The van der Waals surface area contributed by atoms with Gasteiger partial charge in [0.15, 0.2) is 0 Å². The zero-order valence-electron chi connectivity index (χ0n) is 11.6. The molecule has 0 atom stereocenters. The van der Waals surface area contributed by atoms with Crippen molar-refractivity contribution in [2.24, 2.45) is 0 Å². The molecule has 0 saturated heterocycles. The summed E-state index contributed by atoms with van der Waals surface area (Å²) in [4.78, 5) is 20.8. The number of pyridine rings is 1. The van der Waals surface area contributed by atoms with Crippen LogP contribution in [-0.4, -0.2) is 22.3 Å². The minimum absolute atomic E-state index is 0.0784. The van der Waals surface area contributed by atoms with Crippen LogP contribution >= 0.6 is 11.3 Å². The summed E-state index contributed by atoms with van der Waals surface area (Å²) in [6.07, 6.45) is 3.80. The molecule has 0 N–H and O–H groups in total. The van der Waals surface area contributed by atoms with Crippen LogP contribution < -0.4 is 0 Å². The molecule has 2 aromatic heterocycles. The lowest BCUT2D eigenvalue weighted by Crippen LogP contribution is -2.31. The largest absolute Gasteiger partial charge is 0.334 e. The molecule has 0 saturated carbocycles. The summed E-state index contributed by atoms with van der Waals surface area (Å²) >= 11 is 1.72. The van der Waals surface area contributed by atoms with Gasteiger partial charge in [0.25, 0.3) is 0 Å². The molecule has 2 aromatic rings. The molecule has 2 rings (SSSR count). The van der Waals surface area contributed by atoms with Gasteiger partial charge >= 0.3 is 0 Å². The second kappa shape index (κ2) is 7.01. The Kier molecular flexibility index (Phi) is 5.07. The van der Waals surface area contributed by atoms with Gasteiger partial charge in [-0.05, 0) is 31.2 Å². The van der Waals surface area contributed by atoms with E-state index in [1.54, 1.807) is 23.6 Å². The Hall–Kier alpha value is -1.94. The number of carbonyl (C=O) groups excluding carboxylic acids is 1. The third-order valence-electron chi connectivity index (χ3n) is 2.90. The predicted octanol–water partition coefficient (Wildman–Crippen LogP) is 3.21. The van der Waals surface area contributed by atoms with Crippen LogP contribution in [0.5, 0.6) is 0 Å². The van der Waals surface area contributed by atoms with Gasteiger partial charge in [0.2, 0.25) is 5.91 Å². The third kappa shape index (κ3) is 4.03. The van der Waals surface area contributed by atoms with Crippen molar-refractivity contribution < 1.29 is 4.79 Å². The lowest BCUT2D eigenvalue weighted by atomic mass is 10.2. The molecule has 20 heavy (non-hydrogen) atoms. The molecular weight excluding hydrogens is 268 g/mol. The fourth-order valence-corrected chi connectivity index (χ4v) is 2.84. The molecule has 0 spiro atoms. The molecule has 0 aliphatic rings. The van der Waals surface area contributed by atoms with E-state index < -0.39 is 0 Å². The van der Waals surface area contributed by atoms with Crippen molar-refractivity contribution in [1.82, 2.24) is 9.88 Å². The zero-order valence-corrected chi connectivity index (χ0v) is 12.4. The Morgan fingerprint density at radius 1 is 1.40 bits per heavy atom. The molecule has 0 bridgehead atoms. The number of aryl methyl sites for hydroxylation is 1. The van der Waals surface area contributed by atoms with Gasteiger partial charge in [-0.25, -0.2) is 0 Å². The molecule has 0 aliphatic heterocycles. The number of aromatic nitrogens is 1. The molecular formula is C16H18N2OS. The van der Waals surface area contributed by atoms with Crippen molar-refractivity contribution in [1.29, 1.82) is 0 Å². The molecule has 3 nitrogen and oxygen atoms in total. The Balaban J connectivity index is 2.03. The first kappa shape index (κ1) is 14.5. The van der Waals surface area contributed by atoms with Crippen molar-refractivity contribution in [2.45, 2.75) is 19.9 Å². The molecule has 0 radical (unpaired) electrons. The second-order valence-electron chi connectivity index (χ2n) is 4.57. The quantitative estimate of drug-likeness (QED) is 0.764. The van der Waals surface area contributed by atoms with Crippen molar-refractivity contribution in [2.75, 3.05) is 6.54 Å². The average Bonchev–Trinajstić information content (AvgIpc) is 2.85. The molecule has 2 heterocycles. The number of thiophene rings is 1. The summed E-state index contributed by atoms with van der Waals surface area (Å²) in [5.41, 5.74) is 0.800. The smallest absolute Gasteiger partial charge is 0.229 e. The van der Waals surface area contributed by atoms with Crippen molar-refractivity contribution in [3.63, 3.8) is 0 Å². The maximum Gasteiger partial charge on any atom is 0.229 e. The molecule has 104 valence electrons. The standard InChI is InChI=1S/C16H18N2OS/c1-3-10-18(12-15-8-7-13(2)20-15)16(19)11-14-6-4-5-9-17-14/h3-9H,1,10-12H2,2H3. The van der Waals surface area contributed by atoms with Gasteiger partial charge in [0, 0.05) is 28.2 Å². The van der Waals surface area contributed by atoms with Gasteiger partial charge < -0.3 is 4.90 Å². The van der Waals surface area contributed by atoms with E-state index in [-0.39, 0.29) is 5.91 Å². The number of hydrogen-bond donors (Lipinski definition) is 0. The van der Waals surface area contributed by atoms with Crippen LogP contribution in [0.3, 0.4) is 0 Å². The van der Waals surface area contributed by atoms with Crippen LogP contribution in [0.4, 0.5) is 0 Å². The van der Waals surface area contributed by atoms with Gasteiger partial charge in [-0.3, -0.25) is 9.78 Å². The fourth-order valence-electron chi connectivity index (χ4n) is 1.94. The lowest BCUT2D eigenvalue weighted by Gasteiger charge is -2.20. The highest BCUT2D eigenvalue weighted by molar-refractivity contribution is 7.11. The predicted molar refractivity (Wildman–Crippen MR) is 82.6 cm³/mol. The van der Waals surface area contributed by atoms with Crippen LogP contribution in [0.1, 0.15) is 15.4 Å². The minimum atomic E-state index is 0.0784. The Morgan fingerprint density at radius 2 is 2.25 bits per heavy atom. The molecule has 0 fully saturated rings. The number of amides is 1. The highest BCUT2D eigenvalue weighted by Gasteiger charge is 2.14. The molecule has 1 amide bonds. The minimum Gasteiger partial charge on any atom is -0.334 e. The number of nitrogens with zero attached hydrogens (tertiary/aromatic N) is 2. The third-order valence-corrected chi connectivity index (χ3v) is 3.89. The van der Waals surface area contributed by atoms with E-state index in [1.807, 2.05) is 23.1 Å².